The summed E-state index contributed by atoms with van der Waals surface area (Å²) in [6.07, 6.45) is 0.838. The highest BCUT2D eigenvalue weighted by molar-refractivity contribution is 7.92. The number of anilines is 2. The van der Waals surface area contributed by atoms with Crippen molar-refractivity contribution in [2.75, 3.05) is 16.2 Å². The molecular formula is C12H20N2O2S. The summed E-state index contributed by atoms with van der Waals surface area (Å²) in [5.41, 5.74) is 7.99. The quantitative estimate of drug-likeness (QED) is 0.793. The highest BCUT2D eigenvalue weighted by atomic mass is 32.2. The van der Waals surface area contributed by atoms with Gasteiger partial charge in [0.1, 0.15) is 0 Å². The maximum absolute atomic E-state index is 11.7. The van der Waals surface area contributed by atoms with Crippen LogP contribution in [0.5, 0.6) is 0 Å². The molecule has 0 aliphatic heterocycles. The molecule has 0 aromatic heterocycles. The fourth-order valence-electron chi connectivity index (χ4n) is 1.64. The molecule has 0 fully saturated rings. The van der Waals surface area contributed by atoms with Gasteiger partial charge in [-0.05, 0) is 30.0 Å². The lowest BCUT2D eigenvalue weighted by Gasteiger charge is -2.11. The fraction of sp³-hybridized carbons (Fsp3) is 0.500. The molecule has 5 heteroatoms. The van der Waals surface area contributed by atoms with Gasteiger partial charge in [0.25, 0.3) is 0 Å². The van der Waals surface area contributed by atoms with E-state index in [1.807, 2.05) is 26.8 Å². The normalized spacial score (nSPS) is 11.8. The van der Waals surface area contributed by atoms with E-state index in [4.69, 9.17) is 5.73 Å². The van der Waals surface area contributed by atoms with Gasteiger partial charge < -0.3 is 5.73 Å². The van der Waals surface area contributed by atoms with E-state index in [0.717, 1.165) is 12.0 Å². The van der Waals surface area contributed by atoms with Crippen LogP contribution >= 0.6 is 0 Å². The number of nitrogen functional groups attached to an aromatic ring is 1. The van der Waals surface area contributed by atoms with Crippen molar-refractivity contribution < 1.29 is 8.42 Å². The Morgan fingerprint density at radius 2 is 2.00 bits per heavy atom. The molecule has 0 atom stereocenters. The Morgan fingerprint density at radius 3 is 2.47 bits per heavy atom. The molecule has 1 aromatic rings. The van der Waals surface area contributed by atoms with E-state index in [1.54, 1.807) is 12.1 Å². The molecule has 4 nitrogen and oxygen atoms in total. The third-order valence-corrected chi connectivity index (χ3v) is 4.01. The standard InChI is InChI=1S/C12H20N2O2S/c1-4-10-5-6-11(7-12(10)13)14-17(15,16)8-9(2)3/h5-7,9,14H,4,8,13H2,1-3H3. The summed E-state index contributed by atoms with van der Waals surface area (Å²) >= 11 is 0. The molecule has 0 saturated carbocycles. The molecule has 0 amide bonds. The summed E-state index contributed by atoms with van der Waals surface area (Å²) in [6.45, 7) is 5.75. The molecule has 0 radical (unpaired) electrons. The highest BCUT2D eigenvalue weighted by Gasteiger charge is 2.13. The number of aryl methyl sites for hydroxylation is 1. The van der Waals surface area contributed by atoms with Crippen LogP contribution in [0, 0.1) is 5.92 Å². The van der Waals surface area contributed by atoms with E-state index in [1.165, 1.54) is 0 Å². The predicted molar refractivity (Wildman–Crippen MR) is 72.5 cm³/mol. The molecule has 0 bridgehead atoms. The van der Waals surface area contributed by atoms with Gasteiger partial charge in [0.05, 0.1) is 11.4 Å². The monoisotopic (exact) mass is 256 g/mol. The molecule has 3 N–H and O–H groups in total. The number of benzene rings is 1. The lowest BCUT2D eigenvalue weighted by molar-refractivity contribution is 0.587. The van der Waals surface area contributed by atoms with Crippen molar-refractivity contribution in [3.63, 3.8) is 0 Å². The predicted octanol–water partition coefficient (Wildman–Crippen LogP) is 2.23. The van der Waals surface area contributed by atoms with Gasteiger partial charge in [0, 0.05) is 5.69 Å². The molecule has 1 rings (SSSR count). The lowest BCUT2D eigenvalue weighted by Crippen LogP contribution is -2.20. The molecular weight excluding hydrogens is 236 g/mol. The van der Waals surface area contributed by atoms with Gasteiger partial charge in [-0.3, -0.25) is 4.72 Å². The van der Waals surface area contributed by atoms with Crippen LogP contribution in [-0.2, 0) is 16.4 Å². The third kappa shape index (κ3) is 4.26. The minimum Gasteiger partial charge on any atom is -0.398 e. The molecule has 0 unspecified atom stereocenters. The van der Waals surface area contributed by atoms with Crippen LogP contribution in [0.3, 0.4) is 0 Å². The Morgan fingerprint density at radius 1 is 1.35 bits per heavy atom. The fourth-order valence-corrected chi connectivity index (χ4v) is 3.09. The molecule has 96 valence electrons. The molecule has 0 spiro atoms. The second-order valence-corrected chi connectivity index (χ2v) is 6.31. The Bertz CT molecular complexity index is 481. The average Bonchev–Trinajstić information content (AvgIpc) is 2.14. The van der Waals surface area contributed by atoms with E-state index in [-0.39, 0.29) is 11.7 Å². The van der Waals surface area contributed by atoms with Gasteiger partial charge in [-0.25, -0.2) is 8.42 Å². The van der Waals surface area contributed by atoms with Crippen molar-refractivity contribution in [3.8, 4) is 0 Å². The van der Waals surface area contributed by atoms with E-state index in [0.29, 0.717) is 11.4 Å². The highest BCUT2D eigenvalue weighted by Crippen LogP contribution is 2.19. The van der Waals surface area contributed by atoms with Crippen molar-refractivity contribution in [2.45, 2.75) is 27.2 Å². The minimum atomic E-state index is -3.28. The summed E-state index contributed by atoms with van der Waals surface area (Å²) < 4.78 is 26.0. The summed E-state index contributed by atoms with van der Waals surface area (Å²) in [6, 6.07) is 5.26. The Labute approximate surface area is 103 Å². The van der Waals surface area contributed by atoms with E-state index >= 15 is 0 Å². The van der Waals surface area contributed by atoms with Crippen molar-refractivity contribution in [3.05, 3.63) is 23.8 Å². The minimum absolute atomic E-state index is 0.0970. The first-order valence-electron chi connectivity index (χ1n) is 5.73. The SMILES string of the molecule is CCc1ccc(NS(=O)(=O)CC(C)C)cc1N. The van der Waals surface area contributed by atoms with Crippen LogP contribution in [0.1, 0.15) is 26.3 Å². The number of nitrogens with one attached hydrogen (secondary N) is 1. The zero-order valence-corrected chi connectivity index (χ0v) is 11.3. The summed E-state index contributed by atoms with van der Waals surface area (Å²) in [7, 11) is -3.28. The first kappa shape index (κ1) is 13.8. The maximum atomic E-state index is 11.7. The van der Waals surface area contributed by atoms with Crippen molar-refractivity contribution >= 4 is 21.4 Å². The Hall–Kier alpha value is -1.23. The second-order valence-electron chi connectivity index (χ2n) is 4.54. The molecule has 0 aliphatic rings. The molecule has 0 saturated heterocycles. The Kier molecular flexibility index (Phi) is 4.40. The summed E-state index contributed by atoms with van der Waals surface area (Å²) in [4.78, 5) is 0. The number of rotatable bonds is 5. The molecule has 17 heavy (non-hydrogen) atoms. The number of nitrogens with two attached hydrogens (primary N) is 1. The van der Waals surface area contributed by atoms with Gasteiger partial charge in [0.2, 0.25) is 10.0 Å². The van der Waals surface area contributed by atoms with Crippen LogP contribution in [0.4, 0.5) is 11.4 Å². The second kappa shape index (κ2) is 5.40. The summed E-state index contributed by atoms with van der Waals surface area (Å²) in [5, 5.41) is 0. The van der Waals surface area contributed by atoms with Crippen molar-refractivity contribution in [2.24, 2.45) is 5.92 Å². The first-order chi connectivity index (χ1) is 7.84. The topological polar surface area (TPSA) is 72.2 Å². The van der Waals surface area contributed by atoms with Crippen LogP contribution in [-0.4, -0.2) is 14.2 Å². The smallest absolute Gasteiger partial charge is 0.232 e. The average molecular weight is 256 g/mol. The van der Waals surface area contributed by atoms with Gasteiger partial charge in [0.15, 0.2) is 0 Å². The van der Waals surface area contributed by atoms with Crippen molar-refractivity contribution in [1.29, 1.82) is 0 Å². The lowest BCUT2D eigenvalue weighted by atomic mass is 10.1. The largest absolute Gasteiger partial charge is 0.398 e. The number of sulfonamides is 1. The van der Waals surface area contributed by atoms with Crippen LogP contribution in [0.15, 0.2) is 18.2 Å². The zero-order valence-electron chi connectivity index (χ0n) is 10.5. The van der Waals surface area contributed by atoms with Gasteiger partial charge >= 0.3 is 0 Å². The number of hydrogen-bond acceptors (Lipinski definition) is 3. The number of hydrogen-bond donors (Lipinski definition) is 2. The summed E-state index contributed by atoms with van der Waals surface area (Å²) in [5.74, 6) is 0.211. The van der Waals surface area contributed by atoms with Gasteiger partial charge in [-0.1, -0.05) is 26.8 Å². The first-order valence-corrected chi connectivity index (χ1v) is 7.38. The van der Waals surface area contributed by atoms with Gasteiger partial charge in [-0.15, -0.1) is 0 Å². The van der Waals surface area contributed by atoms with Crippen LogP contribution in [0.2, 0.25) is 0 Å². The van der Waals surface area contributed by atoms with Crippen molar-refractivity contribution in [1.82, 2.24) is 0 Å². The van der Waals surface area contributed by atoms with E-state index in [2.05, 4.69) is 4.72 Å². The Balaban J connectivity index is 2.86. The molecule has 1 aromatic carbocycles. The van der Waals surface area contributed by atoms with E-state index in [9.17, 15) is 8.42 Å². The van der Waals surface area contributed by atoms with Crippen LogP contribution in [0.25, 0.3) is 0 Å². The maximum Gasteiger partial charge on any atom is 0.232 e. The van der Waals surface area contributed by atoms with E-state index < -0.39 is 10.0 Å². The van der Waals surface area contributed by atoms with Crippen LogP contribution < -0.4 is 10.5 Å². The zero-order chi connectivity index (χ0) is 13.1. The third-order valence-electron chi connectivity index (χ3n) is 2.35. The molecule has 0 aliphatic carbocycles. The molecule has 0 heterocycles. The van der Waals surface area contributed by atoms with Gasteiger partial charge in [-0.2, -0.15) is 0 Å².